The minimum absolute atomic E-state index is 0.471. The van der Waals surface area contributed by atoms with Gasteiger partial charge in [0.05, 0.1) is 0 Å². The molecule has 1 fully saturated rings. The van der Waals surface area contributed by atoms with E-state index in [2.05, 4.69) is 51.7 Å². The third kappa shape index (κ3) is 6.07. The minimum Gasteiger partial charge on any atom is -0.369 e. The molecule has 160 valence electrons. The zero-order valence-corrected chi connectivity index (χ0v) is 18.2. The first-order valence-corrected chi connectivity index (χ1v) is 10.6. The number of carbonyl (C=O) groups is 2. The molecule has 2 aromatic rings. The van der Waals surface area contributed by atoms with E-state index in [1.807, 2.05) is 32.0 Å². The van der Waals surface area contributed by atoms with Crippen LogP contribution in [-0.4, -0.2) is 56.5 Å². The normalized spacial score (nSPS) is 14.4. The van der Waals surface area contributed by atoms with Crippen LogP contribution in [0.1, 0.15) is 23.1 Å². The van der Waals surface area contributed by atoms with Crippen LogP contribution in [0.4, 0.5) is 11.4 Å². The molecular formula is C24H32N4O2. The Balaban J connectivity index is 1.39. The summed E-state index contributed by atoms with van der Waals surface area (Å²) in [6.45, 7) is 8.64. The van der Waals surface area contributed by atoms with E-state index in [1.165, 1.54) is 11.3 Å². The lowest BCUT2D eigenvalue weighted by Gasteiger charge is -2.34. The number of piperazine rings is 1. The Morgan fingerprint density at radius 3 is 2.33 bits per heavy atom. The summed E-state index contributed by atoms with van der Waals surface area (Å²) in [7, 11) is 2.16. The van der Waals surface area contributed by atoms with Crippen LogP contribution >= 0.6 is 0 Å². The molecule has 0 bridgehead atoms. The fourth-order valence-corrected chi connectivity index (χ4v) is 3.56. The van der Waals surface area contributed by atoms with Gasteiger partial charge in [0.1, 0.15) is 0 Å². The molecule has 0 atom stereocenters. The molecule has 1 aliphatic heterocycles. The highest BCUT2D eigenvalue weighted by Gasteiger charge is 2.15. The molecule has 1 aliphatic rings. The van der Waals surface area contributed by atoms with Crippen molar-refractivity contribution in [3.05, 3.63) is 59.2 Å². The number of benzene rings is 2. The lowest BCUT2D eigenvalue weighted by atomic mass is 10.1. The lowest BCUT2D eigenvalue weighted by molar-refractivity contribution is -0.136. The quantitative estimate of drug-likeness (QED) is 0.570. The van der Waals surface area contributed by atoms with Crippen LogP contribution in [-0.2, 0) is 16.0 Å². The van der Waals surface area contributed by atoms with Gasteiger partial charge in [-0.2, -0.15) is 0 Å². The molecule has 30 heavy (non-hydrogen) atoms. The van der Waals surface area contributed by atoms with E-state index >= 15 is 0 Å². The van der Waals surface area contributed by atoms with E-state index in [4.69, 9.17) is 0 Å². The number of aryl methyl sites for hydroxylation is 3. The first kappa shape index (κ1) is 21.8. The van der Waals surface area contributed by atoms with Crippen molar-refractivity contribution in [3.63, 3.8) is 0 Å². The monoisotopic (exact) mass is 408 g/mol. The van der Waals surface area contributed by atoms with Gasteiger partial charge in [0, 0.05) is 44.1 Å². The van der Waals surface area contributed by atoms with E-state index in [0.717, 1.165) is 50.1 Å². The van der Waals surface area contributed by atoms with Crippen molar-refractivity contribution in [2.75, 3.05) is 50.0 Å². The van der Waals surface area contributed by atoms with E-state index in [0.29, 0.717) is 12.2 Å². The van der Waals surface area contributed by atoms with Crippen molar-refractivity contribution in [1.82, 2.24) is 10.2 Å². The molecule has 0 aliphatic carbocycles. The van der Waals surface area contributed by atoms with Gasteiger partial charge in [-0.1, -0.05) is 24.3 Å². The van der Waals surface area contributed by atoms with Crippen LogP contribution in [0.15, 0.2) is 42.5 Å². The van der Waals surface area contributed by atoms with Crippen LogP contribution in [0.3, 0.4) is 0 Å². The Labute approximate surface area is 179 Å². The third-order valence-corrected chi connectivity index (χ3v) is 5.58. The number of nitrogens with one attached hydrogen (secondary N) is 2. The number of nitrogens with zero attached hydrogens (tertiary/aromatic N) is 2. The fraction of sp³-hybridized carbons (Fsp3) is 0.417. The van der Waals surface area contributed by atoms with Crippen molar-refractivity contribution in [1.29, 1.82) is 0 Å². The van der Waals surface area contributed by atoms with E-state index in [9.17, 15) is 9.59 Å². The largest absolute Gasteiger partial charge is 0.369 e. The fourth-order valence-electron chi connectivity index (χ4n) is 3.56. The summed E-state index contributed by atoms with van der Waals surface area (Å²) in [5.74, 6) is -1.22. The molecule has 6 heteroatoms. The van der Waals surface area contributed by atoms with E-state index in [1.54, 1.807) is 0 Å². The van der Waals surface area contributed by atoms with Crippen molar-refractivity contribution in [3.8, 4) is 0 Å². The predicted molar refractivity (Wildman–Crippen MR) is 122 cm³/mol. The molecule has 0 unspecified atom stereocenters. The molecule has 2 N–H and O–H groups in total. The first-order chi connectivity index (χ1) is 14.4. The highest BCUT2D eigenvalue weighted by molar-refractivity contribution is 6.39. The number of likely N-dealkylation sites (N-methyl/N-ethyl adjacent to an activating group) is 1. The average molecular weight is 409 g/mol. The second kappa shape index (κ2) is 10.3. The predicted octanol–water partition coefficient (Wildman–Crippen LogP) is 2.74. The van der Waals surface area contributed by atoms with Gasteiger partial charge in [-0.3, -0.25) is 9.59 Å². The maximum atomic E-state index is 12.1. The molecular weight excluding hydrogens is 376 g/mol. The molecule has 0 radical (unpaired) electrons. The number of rotatable bonds is 6. The molecule has 6 nitrogen and oxygen atoms in total. The van der Waals surface area contributed by atoms with Gasteiger partial charge in [-0.05, 0) is 68.6 Å². The molecule has 0 aromatic heterocycles. The smallest absolute Gasteiger partial charge is 0.313 e. The second-order valence-electron chi connectivity index (χ2n) is 8.09. The summed E-state index contributed by atoms with van der Waals surface area (Å²) in [6, 6.07) is 14.4. The second-order valence-corrected chi connectivity index (χ2v) is 8.09. The van der Waals surface area contributed by atoms with Gasteiger partial charge in [-0.25, -0.2) is 0 Å². The van der Waals surface area contributed by atoms with Crippen LogP contribution in [0.2, 0.25) is 0 Å². The number of hydrogen-bond donors (Lipinski definition) is 2. The third-order valence-electron chi connectivity index (χ3n) is 5.58. The van der Waals surface area contributed by atoms with Gasteiger partial charge in [0.2, 0.25) is 0 Å². The topological polar surface area (TPSA) is 64.7 Å². The molecule has 0 spiro atoms. The summed E-state index contributed by atoms with van der Waals surface area (Å²) in [6.07, 6.45) is 1.65. The van der Waals surface area contributed by atoms with Crippen LogP contribution in [0, 0.1) is 13.8 Å². The Morgan fingerprint density at radius 2 is 1.63 bits per heavy atom. The van der Waals surface area contributed by atoms with Gasteiger partial charge < -0.3 is 20.4 Å². The minimum atomic E-state index is -0.625. The summed E-state index contributed by atoms with van der Waals surface area (Å²) in [4.78, 5) is 28.9. The first-order valence-electron chi connectivity index (χ1n) is 10.6. The standard InChI is InChI=1S/C24H32N4O2/c1-18-6-7-19(2)22(17-18)26-24(30)23(29)25-12-4-5-20-8-10-21(11-9-20)28-15-13-27(3)14-16-28/h6-11,17H,4-5,12-16H2,1-3H3,(H,25,29)(H,26,30). The summed E-state index contributed by atoms with van der Waals surface area (Å²) >= 11 is 0. The highest BCUT2D eigenvalue weighted by Crippen LogP contribution is 2.18. The maximum absolute atomic E-state index is 12.1. The van der Waals surface area contributed by atoms with Crippen LogP contribution < -0.4 is 15.5 Å². The number of anilines is 2. The average Bonchev–Trinajstić information content (AvgIpc) is 2.74. The molecule has 2 aromatic carbocycles. The Morgan fingerprint density at radius 1 is 0.933 bits per heavy atom. The van der Waals surface area contributed by atoms with Crippen molar-refractivity contribution in [2.24, 2.45) is 0 Å². The van der Waals surface area contributed by atoms with Gasteiger partial charge in [0.15, 0.2) is 0 Å². The Kier molecular flexibility index (Phi) is 7.46. The SMILES string of the molecule is Cc1ccc(C)c(NC(=O)C(=O)NCCCc2ccc(N3CCN(C)CC3)cc2)c1. The van der Waals surface area contributed by atoms with Crippen LogP contribution in [0.25, 0.3) is 0 Å². The molecule has 2 amide bonds. The number of amides is 2. The van der Waals surface area contributed by atoms with Crippen molar-refractivity contribution < 1.29 is 9.59 Å². The van der Waals surface area contributed by atoms with E-state index < -0.39 is 11.8 Å². The van der Waals surface area contributed by atoms with Crippen molar-refractivity contribution in [2.45, 2.75) is 26.7 Å². The summed E-state index contributed by atoms with van der Waals surface area (Å²) in [5, 5.41) is 5.40. The molecule has 0 saturated carbocycles. The molecule has 1 heterocycles. The number of hydrogen-bond acceptors (Lipinski definition) is 4. The van der Waals surface area contributed by atoms with E-state index in [-0.39, 0.29) is 0 Å². The zero-order valence-electron chi connectivity index (χ0n) is 18.2. The highest BCUT2D eigenvalue weighted by atomic mass is 16.2. The van der Waals surface area contributed by atoms with Gasteiger partial charge in [0.25, 0.3) is 0 Å². The molecule has 3 rings (SSSR count). The maximum Gasteiger partial charge on any atom is 0.313 e. The number of carbonyl (C=O) groups excluding carboxylic acids is 2. The summed E-state index contributed by atoms with van der Waals surface area (Å²) < 4.78 is 0. The Bertz CT molecular complexity index is 871. The Hall–Kier alpha value is -2.86. The van der Waals surface area contributed by atoms with Crippen molar-refractivity contribution >= 4 is 23.2 Å². The zero-order chi connectivity index (χ0) is 21.5. The van der Waals surface area contributed by atoms with Gasteiger partial charge in [-0.15, -0.1) is 0 Å². The van der Waals surface area contributed by atoms with Crippen LogP contribution in [0.5, 0.6) is 0 Å². The molecule has 1 saturated heterocycles. The van der Waals surface area contributed by atoms with Gasteiger partial charge >= 0.3 is 11.8 Å². The summed E-state index contributed by atoms with van der Waals surface area (Å²) in [5.41, 5.74) is 5.15. The lowest BCUT2D eigenvalue weighted by Crippen LogP contribution is -2.44.